The minimum atomic E-state index is -1.04. The summed E-state index contributed by atoms with van der Waals surface area (Å²) in [4.78, 5) is 43.7. The van der Waals surface area contributed by atoms with Gasteiger partial charge in [-0.2, -0.15) is 0 Å². The number of hydrogen-bond donors (Lipinski definition) is 3. The van der Waals surface area contributed by atoms with Gasteiger partial charge in [-0.3, -0.25) is 14.5 Å². The molecule has 3 aliphatic rings. The summed E-state index contributed by atoms with van der Waals surface area (Å²) in [5.41, 5.74) is 5.51. The lowest BCUT2D eigenvalue weighted by atomic mass is 9.81. The maximum Gasteiger partial charge on any atom is 0.328 e. The van der Waals surface area contributed by atoms with E-state index in [9.17, 15) is 14.4 Å². The number of benzene rings is 3. The van der Waals surface area contributed by atoms with Gasteiger partial charge in [-0.25, -0.2) is 4.79 Å². The summed E-state index contributed by atoms with van der Waals surface area (Å²) < 4.78 is 9.07. The number of carboxylic acid groups (broad SMARTS) is 1. The Bertz CT molecular complexity index is 2020. The molecule has 4 aromatic rings. The molecule has 284 valence electrons. The zero-order valence-electron chi connectivity index (χ0n) is 31.8. The van der Waals surface area contributed by atoms with Gasteiger partial charge in [0.25, 0.3) is 5.91 Å². The molecule has 7 rings (SSSR count). The molecule has 10 heteroatoms. The fourth-order valence-electron chi connectivity index (χ4n) is 8.62. The molecule has 3 N–H and O–H groups in total. The van der Waals surface area contributed by atoms with Crippen LogP contribution in [0.4, 0.5) is 5.69 Å². The van der Waals surface area contributed by atoms with Crippen LogP contribution in [0.2, 0.25) is 0 Å². The molecule has 0 saturated heterocycles. The van der Waals surface area contributed by atoms with Crippen LogP contribution >= 0.6 is 0 Å². The first kappa shape index (κ1) is 37.4. The van der Waals surface area contributed by atoms with Crippen molar-refractivity contribution >= 4 is 40.4 Å². The van der Waals surface area contributed by atoms with E-state index in [1.165, 1.54) is 42.0 Å². The fraction of sp³-hybridized carbons (Fsp3) is 0.432. The van der Waals surface area contributed by atoms with E-state index in [-0.39, 0.29) is 17.9 Å². The number of likely N-dealkylation sites (N-methyl/N-ethyl adjacent to an activating group) is 2. The fourth-order valence-corrected chi connectivity index (χ4v) is 8.62. The van der Waals surface area contributed by atoms with Crippen LogP contribution in [0.5, 0.6) is 5.75 Å². The zero-order chi connectivity index (χ0) is 37.8. The quantitative estimate of drug-likeness (QED) is 0.138. The van der Waals surface area contributed by atoms with Crippen LogP contribution in [0.15, 0.2) is 72.8 Å². The maximum absolute atomic E-state index is 14.3. The molecule has 0 spiro atoms. The third kappa shape index (κ3) is 7.95. The number of aromatic nitrogens is 1. The highest BCUT2D eigenvalue weighted by molar-refractivity contribution is 6.06. The number of para-hydroxylation sites is 1. The van der Waals surface area contributed by atoms with E-state index in [0.717, 1.165) is 68.2 Å². The number of nitrogens with zero attached hydrogens (tertiary/aromatic N) is 3. The van der Waals surface area contributed by atoms with Gasteiger partial charge in [0.05, 0.1) is 11.7 Å². The Balaban J connectivity index is 1.24. The Morgan fingerprint density at radius 3 is 2.39 bits per heavy atom. The molecule has 10 nitrogen and oxygen atoms in total. The lowest BCUT2D eigenvalue weighted by Gasteiger charge is -2.33. The van der Waals surface area contributed by atoms with Crippen molar-refractivity contribution in [3.63, 3.8) is 0 Å². The SMILES string of the molecule is CN(C)CCN(C)[C@H]1COc2ccccc2-c2c(C3CCCCC3)c3ccc(C(=O)NC4(C(=O)Nc5ccc(/C=C/C(=O)O)cc5)CCCC4)cc3n2C1. The van der Waals surface area contributed by atoms with Gasteiger partial charge in [-0.1, -0.05) is 62.4 Å². The Hall–Kier alpha value is -4.93. The summed E-state index contributed by atoms with van der Waals surface area (Å²) >= 11 is 0. The molecule has 0 bridgehead atoms. The molecule has 2 heterocycles. The monoisotopic (exact) mass is 731 g/mol. The van der Waals surface area contributed by atoms with Crippen molar-refractivity contribution in [3.05, 3.63) is 89.5 Å². The van der Waals surface area contributed by atoms with Crippen molar-refractivity contribution in [1.82, 2.24) is 19.7 Å². The molecule has 2 fully saturated rings. The zero-order valence-corrected chi connectivity index (χ0v) is 31.8. The van der Waals surface area contributed by atoms with E-state index in [1.54, 1.807) is 24.3 Å². The van der Waals surface area contributed by atoms with Gasteiger partial charge in [-0.05, 0) is 106 Å². The molecular formula is C44H53N5O5. The summed E-state index contributed by atoms with van der Waals surface area (Å²) in [6, 6.07) is 21.6. The predicted octanol–water partition coefficient (Wildman–Crippen LogP) is 7.39. The van der Waals surface area contributed by atoms with Crippen LogP contribution in [-0.4, -0.2) is 89.7 Å². The number of carbonyl (C=O) groups is 3. The average molecular weight is 732 g/mol. The van der Waals surface area contributed by atoms with Crippen LogP contribution in [-0.2, 0) is 16.1 Å². The van der Waals surface area contributed by atoms with Gasteiger partial charge in [0.1, 0.15) is 17.9 Å². The number of rotatable bonds is 11. The second-order valence-electron chi connectivity index (χ2n) is 15.7. The second-order valence-corrected chi connectivity index (χ2v) is 15.7. The van der Waals surface area contributed by atoms with Crippen molar-refractivity contribution in [2.24, 2.45) is 0 Å². The Morgan fingerprint density at radius 1 is 0.926 bits per heavy atom. The largest absolute Gasteiger partial charge is 0.491 e. The molecule has 0 radical (unpaired) electrons. The normalized spacial score (nSPS) is 18.6. The van der Waals surface area contributed by atoms with Gasteiger partial charge < -0.3 is 29.9 Å². The molecular weight excluding hydrogens is 679 g/mol. The molecule has 1 aromatic heterocycles. The molecule has 3 aromatic carbocycles. The number of nitrogens with one attached hydrogen (secondary N) is 2. The van der Waals surface area contributed by atoms with Gasteiger partial charge in [-0.15, -0.1) is 0 Å². The third-order valence-electron chi connectivity index (χ3n) is 11.7. The van der Waals surface area contributed by atoms with E-state index in [4.69, 9.17) is 9.84 Å². The number of anilines is 1. The lowest BCUT2D eigenvalue weighted by Crippen LogP contribution is -2.55. The topological polar surface area (TPSA) is 116 Å². The first-order valence-electron chi connectivity index (χ1n) is 19.5. The number of carbonyl (C=O) groups excluding carboxylic acids is 2. The number of ether oxygens (including phenoxy) is 1. The molecule has 2 aliphatic carbocycles. The average Bonchev–Trinajstić information content (AvgIpc) is 3.77. The molecule has 2 amide bonds. The van der Waals surface area contributed by atoms with Crippen LogP contribution in [0.25, 0.3) is 28.2 Å². The van der Waals surface area contributed by atoms with Crippen LogP contribution in [0.1, 0.15) is 85.2 Å². The highest BCUT2D eigenvalue weighted by atomic mass is 16.5. The van der Waals surface area contributed by atoms with Crippen molar-refractivity contribution < 1.29 is 24.2 Å². The van der Waals surface area contributed by atoms with Gasteiger partial charge in [0.15, 0.2) is 0 Å². The van der Waals surface area contributed by atoms with Crippen LogP contribution in [0, 0.1) is 0 Å². The summed E-state index contributed by atoms with van der Waals surface area (Å²) in [6.07, 6.45) is 11.3. The predicted molar refractivity (Wildman–Crippen MR) is 214 cm³/mol. The van der Waals surface area contributed by atoms with Crippen molar-refractivity contribution in [2.75, 3.05) is 46.2 Å². The second kappa shape index (κ2) is 16.2. The van der Waals surface area contributed by atoms with Crippen LogP contribution in [0.3, 0.4) is 0 Å². The van der Waals surface area contributed by atoms with Gasteiger partial charge >= 0.3 is 5.97 Å². The summed E-state index contributed by atoms with van der Waals surface area (Å²) in [6.45, 7) is 3.11. The standard InChI is InChI=1S/C44H53N5O5/c1-47(2)25-26-48(3)34-28-49-37-27-32(18-21-35(37)40(31-11-5-4-6-12-31)41(49)36-13-7-8-14-38(36)54-29-34)42(52)46-44(23-9-10-24-44)43(53)45-33-19-15-30(16-20-33)17-22-39(50)51/h7-8,13-22,27,31,34H,4-6,9-12,23-26,28-29H2,1-3H3,(H,45,53)(H,46,52)(H,50,51)/b22-17+/t34-/m1/s1. The van der Waals surface area contributed by atoms with E-state index >= 15 is 0 Å². The number of fused-ring (bicyclic) bond motifs is 5. The Kier molecular flexibility index (Phi) is 11.2. The first-order valence-corrected chi connectivity index (χ1v) is 19.5. The summed E-state index contributed by atoms with van der Waals surface area (Å²) in [7, 11) is 6.37. The van der Waals surface area contributed by atoms with Crippen LogP contribution < -0.4 is 15.4 Å². The van der Waals surface area contributed by atoms with Gasteiger partial charge in [0.2, 0.25) is 5.91 Å². The highest BCUT2D eigenvalue weighted by Crippen LogP contribution is 2.47. The highest BCUT2D eigenvalue weighted by Gasteiger charge is 2.43. The number of aliphatic carboxylic acids is 1. The van der Waals surface area contributed by atoms with E-state index in [2.05, 4.69) is 70.4 Å². The molecule has 54 heavy (non-hydrogen) atoms. The number of carboxylic acids is 1. The Labute approximate surface area is 318 Å². The van der Waals surface area contributed by atoms with E-state index < -0.39 is 11.5 Å². The van der Waals surface area contributed by atoms with E-state index in [1.807, 2.05) is 18.2 Å². The minimum absolute atomic E-state index is 0.108. The smallest absolute Gasteiger partial charge is 0.328 e. The lowest BCUT2D eigenvalue weighted by molar-refractivity contribution is -0.131. The molecule has 0 unspecified atom stereocenters. The maximum atomic E-state index is 14.3. The first-order chi connectivity index (χ1) is 26.1. The third-order valence-corrected chi connectivity index (χ3v) is 11.7. The van der Waals surface area contributed by atoms with E-state index in [0.29, 0.717) is 42.2 Å². The minimum Gasteiger partial charge on any atom is -0.491 e. The van der Waals surface area contributed by atoms with Crippen molar-refractivity contribution in [2.45, 2.75) is 81.8 Å². The number of hydrogen-bond acceptors (Lipinski definition) is 6. The van der Waals surface area contributed by atoms with Crippen molar-refractivity contribution in [3.8, 4) is 17.0 Å². The number of amides is 2. The summed E-state index contributed by atoms with van der Waals surface area (Å²) in [5.74, 6) is -0.210. The Morgan fingerprint density at radius 2 is 1.67 bits per heavy atom. The summed E-state index contributed by atoms with van der Waals surface area (Å²) in [5, 5.41) is 16.4. The van der Waals surface area contributed by atoms with Crippen molar-refractivity contribution in [1.29, 1.82) is 0 Å². The molecule has 1 aliphatic heterocycles. The molecule has 2 saturated carbocycles. The molecule has 1 atom stereocenters. The van der Waals surface area contributed by atoms with Gasteiger partial charge in [0, 0.05) is 53.4 Å².